The molecule has 1 heterocycles. The molecule has 0 radical (unpaired) electrons. The van der Waals surface area contributed by atoms with E-state index < -0.39 is 0 Å². The van der Waals surface area contributed by atoms with Gasteiger partial charge in [0, 0.05) is 10.7 Å². The first-order chi connectivity index (χ1) is 6.36. The molecule has 0 bridgehead atoms. The predicted octanol–water partition coefficient (Wildman–Crippen LogP) is 3.47. The molecule has 1 aliphatic heterocycles. The van der Waals surface area contributed by atoms with Gasteiger partial charge in [0.15, 0.2) is 0 Å². The summed E-state index contributed by atoms with van der Waals surface area (Å²) in [5.41, 5.74) is 0. The van der Waals surface area contributed by atoms with Crippen LogP contribution in [-0.2, 0) is 0 Å². The molecule has 0 unspecified atom stereocenters. The number of rotatable bonds is 4. The molecule has 0 atom stereocenters. The fraction of sp³-hybridized carbons (Fsp3) is 0.300. The molecule has 0 saturated carbocycles. The second-order valence-corrected chi connectivity index (χ2v) is 4.86. The van der Waals surface area contributed by atoms with E-state index in [0.29, 0.717) is 0 Å². The number of allylic oxidation sites excluding steroid dienone is 2. The number of hydrogen-bond acceptors (Lipinski definition) is 3. The molecule has 0 saturated heterocycles. The molecule has 13 heavy (non-hydrogen) atoms. The Morgan fingerprint density at radius 1 is 1.46 bits per heavy atom. The van der Waals surface area contributed by atoms with Crippen LogP contribution in [0, 0.1) is 0 Å². The average molecular weight is 211 g/mol. The summed E-state index contributed by atoms with van der Waals surface area (Å²) in [5.74, 6) is 0.945. The van der Waals surface area contributed by atoms with E-state index in [2.05, 4.69) is 24.2 Å². The van der Waals surface area contributed by atoms with Crippen molar-refractivity contribution >= 4 is 27.9 Å². The van der Waals surface area contributed by atoms with Crippen LogP contribution in [0.3, 0.4) is 0 Å². The molecule has 0 aromatic rings. The lowest BCUT2D eigenvalue weighted by atomic mass is 10.4. The first-order valence-corrected chi connectivity index (χ1v) is 5.93. The average Bonchev–Trinajstić information content (AvgIpc) is 2.59. The second-order valence-electron chi connectivity index (χ2n) is 2.48. The van der Waals surface area contributed by atoms with E-state index in [1.807, 2.05) is 12.2 Å². The van der Waals surface area contributed by atoms with Gasteiger partial charge in [-0.25, -0.2) is 0 Å². The fourth-order valence-electron chi connectivity index (χ4n) is 0.845. The van der Waals surface area contributed by atoms with Crippen LogP contribution in [0.4, 0.5) is 0 Å². The Balaban J connectivity index is 2.32. The Labute approximate surface area is 88.1 Å². The Hall–Kier alpha value is -0.410. The maximum atomic E-state index is 4.40. The SMILES string of the molecule is C=CC/C=C1\CN=C(SCC=C)S1. The van der Waals surface area contributed by atoms with E-state index in [9.17, 15) is 0 Å². The Bertz CT molecular complexity index is 254. The van der Waals surface area contributed by atoms with E-state index in [4.69, 9.17) is 0 Å². The predicted molar refractivity (Wildman–Crippen MR) is 65.4 cm³/mol. The van der Waals surface area contributed by atoms with Gasteiger partial charge in [-0.3, -0.25) is 4.99 Å². The van der Waals surface area contributed by atoms with Gasteiger partial charge in [0.1, 0.15) is 4.38 Å². The zero-order chi connectivity index (χ0) is 9.52. The van der Waals surface area contributed by atoms with Crippen LogP contribution < -0.4 is 0 Å². The summed E-state index contributed by atoms with van der Waals surface area (Å²) in [7, 11) is 0. The third-order valence-corrected chi connectivity index (χ3v) is 3.66. The molecule has 0 fully saturated rings. The van der Waals surface area contributed by atoms with Crippen LogP contribution >= 0.6 is 23.5 Å². The molecule has 0 aliphatic carbocycles. The summed E-state index contributed by atoms with van der Waals surface area (Å²) in [4.78, 5) is 5.74. The lowest BCUT2D eigenvalue weighted by Gasteiger charge is -1.94. The maximum absolute atomic E-state index is 4.40. The van der Waals surface area contributed by atoms with Gasteiger partial charge in [-0.2, -0.15) is 0 Å². The van der Waals surface area contributed by atoms with Crippen molar-refractivity contribution in [1.29, 1.82) is 0 Å². The van der Waals surface area contributed by atoms with E-state index in [1.165, 1.54) is 4.91 Å². The first kappa shape index (κ1) is 10.7. The van der Waals surface area contributed by atoms with E-state index in [0.717, 1.165) is 23.1 Å². The monoisotopic (exact) mass is 211 g/mol. The smallest absolute Gasteiger partial charge is 0.129 e. The van der Waals surface area contributed by atoms with Crippen molar-refractivity contribution in [1.82, 2.24) is 0 Å². The highest BCUT2D eigenvalue weighted by Gasteiger charge is 2.11. The molecule has 0 N–H and O–H groups in total. The zero-order valence-corrected chi connectivity index (χ0v) is 9.16. The molecule has 1 rings (SSSR count). The van der Waals surface area contributed by atoms with Crippen LogP contribution in [0.15, 0.2) is 41.3 Å². The first-order valence-electron chi connectivity index (χ1n) is 4.12. The minimum atomic E-state index is 0.845. The van der Waals surface area contributed by atoms with Gasteiger partial charge in [0.05, 0.1) is 6.54 Å². The highest BCUT2D eigenvalue weighted by Crippen LogP contribution is 2.31. The normalized spacial score (nSPS) is 18.8. The van der Waals surface area contributed by atoms with Gasteiger partial charge in [0.2, 0.25) is 0 Å². The summed E-state index contributed by atoms with van der Waals surface area (Å²) in [5, 5.41) is 0. The number of hydrogen-bond donors (Lipinski definition) is 0. The zero-order valence-electron chi connectivity index (χ0n) is 7.53. The summed E-state index contributed by atoms with van der Waals surface area (Å²) in [6.45, 7) is 8.20. The molecule has 3 heteroatoms. The molecule has 0 aromatic heterocycles. The number of thioether (sulfide) groups is 2. The van der Waals surface area contributed by atoms with Gasteiger partial charge in [-0.05, 0) is 6.42 Å². The van der Waals surface area contributed by atoms with Gasteiger partial charge >= 0.3 is 0 Å². The number of nitrogens with zero attached hydrogens (tertiary/aromatic N) is 1. The van der Waals surface area contributed by atoms with Crippen LogP contribution in [0.1, 0.15) is 6.42 Å². The summed E-state index contributed by atoms with van der Waals surface area (Å²) < 4.78 is 1.16. The van der Waals surface area contributed by atoms with Crippen LogP contribution in [0.2, 0.25) is 0 Å². The highest BCUT2D eigenvalue weighted by atomic mass is 32.2. The fourth-order valence-corrected chi connectivity index (χ4v) is 2.68. The molecule has 70 valence electrons. The summed E-state index contributed by atoms with van der Waals surface area (Å²) >= 11 is 3.52. The Morgan fingerprint density at radius 2 is 2.31 bits per heavy atom. The largest absolute Gasteiger partial charge is 0.266 e. The summed E-state index contributed by atoms with van der Waals surface area (Å²) in [6.07, 6.45) is 6.93. The lowest BCUT2D eigenvalue weighted by molar-refractivity contribution is 1.23. The molecule has 0 aromatic carbocycles. The van der Waals surface area contributed by atoms with Crippen molar-refractivity contribution in [3.05, 3.63) is 36.3 Å². The minimum Gasteiger partial charge on any atom is -0.266 e. The van der Waals surface area contributed by atoms with Gasteiger partial charge in [-0.1, -0.05) is 41.8 Å². The Kier molecular flexibility index (Phi) is 5.01. The molecule has 0 amide bonds. The van der Waals surface area contributed by atoms with Crippen molar-refractivity contribution in [3.8, 4) is 0 Å². The highest BCUT2D eigenvalue weighted by molar-refractivity contribution is 8.40. The van der Waals surface area contributed by atoms with Crippen molar-refractivity contribution in [2.24, 2.45) is 4.99 Å². The lowest BCUT2D eigenvalue weighted by Crippen LogP contribution is -1.79. The van der Waals surface area contributed by atoms with Gasteiger partial charge in [0.25, 0.3) is 0 Å². The Morgan fingerprint density at radius 3 is 3.00 bits per heavy atom. The maximum Gasteiger partial charge on any atom is 0.129 e. The minimum absolute atomic E-state index is 0.845. The van der Waals surface area contributed by atoms with E-state index in [1.54, 1.807) is 23.5 Å². The third kappa shape index (κ3) is 3.87. The van der Waals surface area contributed by atoms with Crippen molar-refractivity contribution < 1.29 is 0 Å². The topological polar surface area (TPSA) is 12.4 Å². The van der Waals surface area contributed by atoms with E-state index >= 15 is 0 Å². The van der Waals surface area contributed by atoms with E-state index in [-0.39, 0.29) is 0 Å². The van der Waals surface area contributed by atoms with Crippen LogP contribution in [-0.4, -0.2) is 16.7 Å². The molecule has 1 aliphatic rings. The van der Waals surface area contributed by atoms with Crippen molar-refractivity contribution in [2.75, 3.05) is 12.3 Å². The molecular weight excluding hydrogens is 198 g/mol. The standard InChI is InChI=1S/C10H13NS2/c1-3-5-6-9-8-11-10(13-9)12-7-4-2/h3-4,6H,1-2,5,7-8H2/b9-6+. The van der Waals surface area contributed by atoms with Gasteiger partial charge < -0.3 is 0 Å². The quantitative estimate of drug-likeness (QED) is 0.660. The molecule has 1 nitrogen and oxygen atoms in total. The van der Waals surface area contributed by atoms with Crippen molar-refractivity contribution in [3.63, 3.8) is 0 Å². The van der Waals surface area contributed by atoms with Gasteiger partial charge in [-0.15, -0.1) is 13.2 Å². The second kappa shape index (κ2) is 6.11. The summed E-state index contributed by atoms with van der Waals surface area (Å²) in [6, 6.07) is 0. The molecular formula is C10H13NS2. The third-order valence-electron chi connectivity index (χ3n) is 1.42. The molecule has 0 spiro atoms. The van der Waals surface area contributed by atoms with Crippen LogP contribution in [0.5, 0.6) is 0 Å². The van der Waals surface area contributed by atoms with Crippen molar-refractivity contribution in [2.45, 2.75) is 6.42 Å². The number of aliphatic imine (C=N–C) groups is 1. The van der Waals surface area contributed by atoms with Crippen LogP contribution in [0.25, 0.3) is 0 Å².